The Hall–Kier alpha value is -2.88. The van der Waals surface area contributed by atoms with E-state index in [2.05, 4.69) is 15.3 Å². The van der Waals surface area contributed by atoms with E-state index in [0.717, 1.165) is 24.6 Å². The van der Waals surface area contributed by atoms with Crippen LogP contribution in [0.1, 0.15) is 54.8 Å². The van der Waals surface area contributed by atoms with Gasteiger partial charge >= 0.3 is 6.18 Å². The molecule has 32 heavy (non-hydrogen) atoms. The van der Waals surface area contributed by atoms with E-state index in [1.807, 2.05) is 25.7 Å². The standard InChI is InChI=1S/C22H27F3N4O3/c1-21(2,3)18(13-5-7-14(8-6-13)22(23,24)25)28-19(31)16-11-17(30)27-20(26-16)29-10-9-15(12-29)32-4/h5-8,11,15,18H,9-10,12H2,1-4H3,(H,28,31)(H,26,27,30)/t15-,18?/m0/s1. The zero-order valence-corrected chi connectivity index (χ0v) is 18.4. The minimum atomic E-state index is -4.44. The molecule has 0 aliphatic carbocycles. The lowest BCUT2D eigenvalue weighted by molar-refractivity contribution is -0.137. The molecule has 1 aliphatic rings. The van der Waals surface area contributed by atoms with Gasteiger partial charge in [0.05, 0.1) is 17.7 Å². The Bertz CT molecular complexity index is 1010. The van der Waals surface area contributed by atoms with Crippen molar-refractivity contribution in [2.24, 2.45) is 5.41 Å². The molecule has 0 spiro atoms. The van der Waals surface area contributed by atoms with Crippen molar-refractivity contribution in [3.05, 3.63) is 57.5 Å². The third-order valence-electron chi connectivity index (χ3n) is 5.45. The summed E-state index contributed by atoms with van der Waals surface area (Å²) in [5.41, 5.74) is -1.29. The number of hydrogen-bond acceptors (Lipinski definition) is 5. The number of alkyl halides is 3. The van der Waals surface area contributed by atoms with Gasteiger partial charge in [-0.2, -0.15) is 13.2 Å². The molecule has 1 fully saturated rings. The van der Waals surface area contributed by atoms with E-state index in [4.69, 9.17) is 4.74 Å². The van der Waals surface area contributed by atoms with E-state index in [9.17, 15) is 22.8 Å². The lowest BCUT2D eigenvalue weighted by Gasteiger charge is -2.32. The molecule has 2 N–H and O–H groups in total. The van der Waals surface area contributed by atoms with Crippen LogP contribution in [0.3, 0.4) is 0 Å². The molecule has 2 atom stereocenters. The summed E-state index contributed by atoms with van der Waals surface area (Å²) in [6.45, 7) is 6.76. The summed E-state index contributed by atoms with van der Waals surface area (Å²) in [5, 5.41) is 2.83. The Morgan fingerprint density at radius 3 is 2.44 bits per heavy atom. The van der Waals surface area contributed by atoms with E-state index < -0.39 is 34.7 Å². The second-order valence-corrected chi connectivity index (χ2v) is 8.94. The normalized spacial score (nSPS) is 18.0. The van der Waals surface area contributed by atoms with Gasteiger partial charge in [0.15, 0.2) is 0 Å². The first-order valence-corrected chi connectivity index (χ1v) is 10.3. The fourth-order valence-corrected chi connectivity index (χ4v) is 3.69. The first-order chi connectivity index (χ1) is 14.9. The maximum absolute atomic E-state index is 13.0. The quantitative estimate of drug-likeness (QED) is 0.725. The molecule has 2 heterocycles. The van der Waals surface area contributed by atoms with Crippen LogP contribution in [0.25, 0.3) is 0 Å². The molecule has 0 radical (unpaired) electrons. The van der Waals surface area contributed by atoms with Crippen molar-refractivity contribution in [3.63, 3.8) is 0 Å². The van der Waals surface area contributed by atoms with E-state index in [0.29, 0.717) is 18.7 Å². The van der Waals surface area contributed by atoms with Crippen LogP contribution in [-0.2, 0) is 10.9 Å². The smallest absolute Gasteiger partial charge is 0.380 e. The highest BCUT2D eigenvalue weighted by atomic mass is 19.4. The number of amides is 1. The molecule has 3 rings (SSSR count). The van der Waals surface area contributed by atoms with Crippen molar-refractivity contribution in [1.29, 1.82) is 0 Å². The summed E-state index contributed by atoms with van der Waals surface area (Å²) >= 11 is 0. The monoisotopic (exact) mass is 452 g/mol. The van der Waals surface area contributed by atoms with Gasteiger partial charge in [-0.25, -0.2) is 4.98 Å². The van der Waals surface area contributed by atoms with Gasteiger partial charge in [-0.1, -0.05) is 32.9 Å². The molecule has 1 unspecified atom stereocenters. The Morgan fingerprint density at radius 2 is 1.91 bits per heavy atom. The maximum Gasteiger partial charge on any atom is 0.416 e. The van der Waals surface area contributed by atoms with E-state index in [1.54, 1.807) is 7.11 Å². The van der Waals surface area contributed by atoms with Gasteiger partial charge in [-0.15, -0.1) is 0 Å². The number of aromatic amines is 1. The molecule has 1 aliphatic heterocycles. The van der Waals surface area contributed by atoms with Crippen molar-refractivity contribution in [2.75, 3.05) is 25.1 Å². The molecule has 1 amide bonds. The van der Waals surface area contributed by atoms with Crippen molar-refractivity contribution < 1.29 is 22.7 Å². The zero-order chi connectivity index (χ0) is 23.7. The molecule has 10 heteroatoms. The number of halogens is 3. The van der Waals surface area contributed by atoms with Crippen molar-refractivity contribution in [3.8, 4) is 0 Å². The Labute approximate surface area is 184 Å². The number of aromatic nitrogens is 2. The highest BCUT2D eigenvalue weighted by Gasteiger charge is 2.33. The number of nitrogens with one attached hydrogen (secondary N) is 2. The van der Waals surface area contributed by atoms with Gasteiger partial charge in [0, 0.05) is 26.3 Å². The lowest BCUT2D eigenvalue weighted by Crippen LogP contribution is -2.38. The third kappa shape index (κ3) is 5.48. The predicted molar refractivity (Wildman–Crippen MR) is 114 cm³/mol. The summed E-state index contributed by atoms with van der Waals surface area (Å²) in [6.07, 6.45) is -3.65. The van der Waals surface area contributed by atoms with Crippen LogP contribution in [0.4, 0.5) is 19.1 Å². The molecule has 1 aromatic carbocycles. The average Bonchev–Trinajstić information content (AvgIpc) is 3.19. The summed E-state index contributed by atoms with van der Waals surface area (Å²) in [6, 6.07) is 5.18. The molecule has 0 saturated carbocycles. The molecule has 174 valence electrons. The number of ether oxygens (including phenoxy) is 1. The van der Waals surface area contributed by atoms with Crippen LogP contribution >= 0.6 is 0 Å². The van der Waals surface area contributed by atoms with Gasteiger partial charge in [-0.05, 0) is 29.5 Å². The van der Waals surface area contributed by atoms with Crippen LogP contribution in [0, 0.1) is 5.41 Å². The number of benzene rings is 1. The van der Waals surface area contributed by atoms with Crippen molar-refractivity contribution in [1.82, 2.24) is 15.3 Å². The minimum Gasteiger partial charge on any atom is -0.380 e. The lowest BCUT2D eigenvalue weighted by atomic mass is 9.82. The van der Waals surface area contributed by atoms with Crippen molar-refractivity contribution >= 4 is 11.9 Å². The topological polar surface area (TPSA) is 87.3 Å². The molecule has 0 bridgehead atoms. The largest absolute Gasteiger partial charge is 0.416 e. The Morgan fingerprint density at radius 1 is 1.25 bits per heavy atom. The van der Waals surface area contributed by atoms with Crippen molar-refractivity contribution in [2.45, 2.75) is 45.5 Å². The molecule has 7 nitrogen and oxygen atoms in total. The number of nitrogens with zero attached hydrogens (tertiary/aromatic N) is 2. The Balaban J connectivity index is 1.85. The Kier molecular flexibility index (Phi) is 6.64. The number of methoxy groups -OCH3 is 1. The second kappa shape index (κ2) is 8.93. The highest BCUT2D eigenvalue weighted by Crippen LogP contribution is 2.35. The molecule has 1 saturated heterocycles. The van der Waals surface area contributed by atoms with Gasteiger partial charge in [-0.3, -0.25) is 14.6 Å². The van der Waals surface area contributed by atoms with Crippen LogP contribution < -0.4 is 15.8 Å². The molecular weight excluding hydrogens is 425 g/mol. The number of carbonyl (C=O) groups is 1. The fourth-order valence-electron chi connectivity index (χ4n) is 3.69. The van der Waals surface area contributed by atoms with Crippen LogP contribution in [0.2, 0.25) is 0 Å². The van der Waals surface area contributed by atoms with Gasteiger partial charge in [0.25, 0.3) is 11.5 Å². The SMILES string of the molecule is CO[C@H]1CCN(c2nc(C(=O)NC(c3ccc(C(F)(F)F)cc3)C(C)(C)C)cc(=O)[nH]2)C1. The number of carbonyl (C=O) groups excluding carboxylic acids is 1. The van der Waals surface area contributed by atoms with E-state index in [1.165, 1.54) is 12.1 Å². The summed E-state index contributed by atoms with van der Waals surface area (Å²) in [4.78, 5) is 34.0. The van der Waals surface area contributed by atoms with E-state index >= 15 is 0 Å². The van der Waals surface area contributed by atoms with Gasteiger partial charge < -0.3 is 15.0 Å². The summed E-state index contributed by atoms with van der Waals surface area (Å²) in [7, 11) is 1.61. The van der Waals surface area contributed by atoms with Gasteiger partial charge in [0.1, 0.15) is 5.69 Å². The van der Waals surface area contributed by atoms with Crippen LogP contribution in [-0.4, -0.2) is 42.2 Å². The first kappa shape index (κ1) is 23.8. The molecule has 2 aromatic rings. The average molecular weight is 452 g/mol. The van der Waals surface area contributed by atoms with Crippen LogP contribution in [0.15, 0.2) is 35.1 Å². The number of anilines is 1. The maximum atomic E-state index is 13.0. The first-order valence-electron chi connectivity index (χ1n) is 10.3. The minimum absolute atomic E-state index is 0.0164. The number of rotatable bonds is 5. The number of H-pyrrole nitrogens is 1. The molecule has 1 aromatic heterocycles. The highest BCUT2D eigenvalue weighted by molar-refractivity contribution is 5.92. The van der Waals surface area contributed by atoms with Gasteiger partial charge in [0.2, 0.25) is 5.95 Å². The van der Waals surface area contributed by atoms with Crippen LogP contribution in [0.5, 0.6) is 0 Å². The third-order valence-corrected chi connectivity index (χ3v) is 5.45. The van der Waals surface area contributed by atoms with E-state index in [-0.39, 0.29) is 17.7 Å². The summed E-state index contributed by atoms with van der Waals surface area (Å²) < 4.78 is 44.1. The fraction of sp³-hybridized carbons (Fsp3) is 0.500. The second-order valence-electron chi connectivity index (χ2n) is 8.94. The zero-order valence-electron chi connectivity index (χ0n) is 18.4. The number of hydrogen-bond donors (Lipinski definition) is 2. The molecular formula is C22H27F3N4O3. The summed E-state index contributed by atoms with van der Waals surface area (Å²) in [5.74, 6) is -0.302. The predicted octanol–water partition coefficient (Wildman–Crippen LogP) is 3.53.